The molecule has 0 aromatic heterocycles. The van der Waals surface area contributed by atoms with E-state index in [1.807, 2.05) is 42.2 Å². The van der Waals surface area contributed by atoms with Crippen LogP contribution in [0.15, 0.2) is 0 Å². The lowest BCUT2D eigenvalue weighted by Gasteiger charge is -2.24. The molecule has 6 N–H and O–H groups in total. The van der Waals surface area contributed by atoms with Crippen molar-refractivity contribution in [3.05, 3.63) is 0 Å². The number of aliphatic hydroxyl groups is 3. The summed E-state index contributed by atoms with van der Waals surface area (Å²) in [4.78, 5) is 27.9. The Morgan fingerprint density at radius 2 is 0.902 bits per heavy atom. The molecule has 0 rings (SSSR count). The molecule has 0 aromatic carbocycles. The molecule has 0 saturated carbocycles. The summed E-state index contributed by atoms with van der Waals surface area (Å²) in [5, 5.41) is 50.2. The van der Waals surface area contributed by atoms with E-state index in [0.29, 0.717) is 16.9 Å². The summed E-state index contributed by atoms with van der Waals surface area (Å²) < 4.78 is 0. The quantitative estimate of drug-likeness (QED) is 0.0685. The Labute approximate surface area is 296 Å². The maximum absolute atomic E-state index is 9.29. The molecule has 41 heavy (non-hydrogen) atoms. The van der Waals surface area contributed by atoms with Gasteiger partial charge in [0.2, 0.25) is 0 Å². The van der Waals surface area contributed by atoms with Gasteiger partial charge in [-0.2, -0.15) is 124 Å². The maximum atomic E-state index is 9.29. The average Bonchev–Trinajstić information content (AvgIpc) is 2.98. The number of carboxylic acids is 3. The van der Waals surface area contributed by atoms with Crippen LogP contribution in [0, 0.1) is 5.41 Å². The summed E-state index contributed by atoms with van der Waals surface area (Å²) in [6.45, 7) is 1.35. The lowest BCUT2D eigenvalue weighted by molar-refractivity contribution is -0.134. The number of rotatable bonds is 19. The van der Waals surface area contributed by atoms with Crippen LogP contribution < -0.4 is 0 Å². The molecule has 2 unspecified atom stereocenters. The summed E-state index contributed by atoms with van der Waals surface area (Å²) in [5.74, 6) is 5.55. The summed E-state index contributed by atoms with van der Waals surface area (Å²) in [7, 11) is 0. The van der Waals surface area contributed by atoms with E-state index in [1.54, 1.807) is 0 Å². The molecule has 0 saturated heterocycles. The van der Waals surface area contributed by atoms with Crippen molar-refractivity contribution in [1.29, 1.82) is 0 Å². The molecule has 0 fully saturated rings. The summed E-state index contributed by atoms with van der Waals surface area (Å²) >= 11 is 33.6. The fourth-order valence-corrected chi connectivity index (χ4v) is 6.76. The Morgan fingerprint density at radius 3 is 1.02 bits per heavy atom. The van der Waals surface area contributed by atoms with Crippen LogP contribution in [0.2, 0.25) is 0 Å². The van der Waals surface area contributed by atoms with Gasteiger partial charge in [0.15, 0.2) is 0 Å². The third-order valence-corrected chi connectivity index (χ3v) is 11.4. The lowest BCUT2D eigenvalue weighted by atomic mass is 9.88. The molecule has 0 spiro atoms. The highest BCUT2D eigenvalue weighted by Gasteiger charge is 2.24. The van der Waals surface area contributed by atoms with Crippen molar-refractivity contribution in [3.8, 4) is 0 Å². The fourth-order valence-electron chi connectivity index (χ4n) is 1.59. The maximum Gasteiger partial charge on any atom is 0.313 e. The lowest BCUT2D eigenvalue weighted by Crippen LogP contribution is -2.32. The van der Waals surface area contributed by atoms with E-state index in [4.69, 9.17) is 30.6 Å². The molecule has 0 aliphatic carbocycles. The van der Waals surface area contributed by atoms with Gasteiger partial charge in [-0.15, -0.1) is 0 Å². The predicted octanol–water partition coefficient (Wildman–Crippen LogP) is 3.00. The van der Waals surface area contributed by atoms with E-state index in [1.165, 1.54) is 11.5 Å². The first-order valence-corrected chi connectivity index (χ1v) is 19.6. The molecule has 0 aliphatic heterocycles. The van der Waals surface area contributed by atoms with Crippen LogP contribution in [-0.4, -0.2) is 142 Å². The van der Waals surface area contributed by atoms with Crippen molar-refractivity contribution in [2.24, 2.45) is 5.41 Å². The van der Waals surface area contributed by atoms with Gasteiger partial charge in [0.1, 0.15) is 0 Å². The van der Waals surface area contributed by atoms with Crippen molar-refractivity contribution >= 4 is 142 Å². The number of thiol groups is 7. The van der Waals surface area contributed by atoms with Crippen LogP contribution in [0.1, 0.15) is 13.3 Å². The molecule has 0 heterocycles. The van der Waals surface area contributed by atoms with Crippen LogP contribution in [-0.2, 0) is 14.4 Å². The number of aliphatic carboxylic acids is 3. The molecule has 0 aromatic rings. The van der Waals surface area contributed by atoms with E-state index in [2.05, 4.69) is 88.4 Å². The van der Waals surface area contributed by atoms with Crippen molar-refractivity contribution < 1.29 is 45.0 Å². The predicted molar refractivity (Wildman–Crippen MR) is 204 cm³/mol. The molecule has 9 nitrogen and oxygen atoms in total. The second kappa shape index (κ2) is 41.8. The van der Waals surface area contributed by atoms with E-state index < -0.39 is 23.3 Å². The Morgan fingerprint density at radius 1 is 0.634 bits per heavy atom. The first-order chi connectivity index (χ1) is 19.3. The first-order valence-electron chi connectivity index (χ1n) is 11.9. The largest absolute Gasteiger partial charge is 0.481 e. The van der Waals surface area contributed by atoms with E-state index >= 15 is 0 Å². The molecule has 0 radical (unpaired) electrons. The van der Waals surface area contributed by atoms with Crippen LogP contribution in [0.5, 0.6) is 0 Å². The smallest absolute Gasteiger partial charge is 0.313 e. The van der Waals surface area contributed by atoms with Gasteiger partial charge in [-0.1, -0.05) is 6.92 Å². The third kappa shape index (κ3) is 46.3. The summed E-state index contributed by atoms with van der Waals surface area (Å²) in [5.41, 5.74) is -0.667. The number of carbonyl (C=O) groups is 3. The van der Waals surface area contributed by atoms with Gasteiger partial charge < -0.3 is 30.6 Å². The number of carboxylic acid groups (broad SMARTS) is 3. The van der Waals surface area contributed by atoms with Crippen molar-refractivity contribution in [2.75, 3.05) is 83.1 Å². The Bertz CT molecular complexity index is 511. The SMILES string of the molecule is CCC(CO)(CO)CO.O=C(O)CS.O=C(O)CS.O=C(O)CS.SCCSCC(CS)SC(CS)CSCCS. The highest BCUT2D eigenvalue weighted by molar-refractivity contribution is 8.06. The zero-order chi connectivity index (χ0) is 33.1. The molecular weight excluding hydrogens is 729 g/mol. The Kier molecular flexibility index (Phi) is 53.3. The van der Waals surface area contributed by atoms with Gasteiger partial charge in [-0.3, -0.25) is 14.4 Å². The zero-order valence-electron chi connectivity index (χ0n) is 23.0. The number of hydrogen-bond acceptors (Lipinski definition) is 16. The van der Waals surface area contributed by atoms with Gasteiger partial charge >= 0.3 is 17.9 Å². The minimum atomic E-state index is -0.881. The van der Waals surface area contributed by atoms with Crippen molar-refractivity contribution in [3.63, 3.8) is 0 Å². The fraction of sp³-hybridized carbons (Fsp3) is 0.864. The molecule has 19 heteroatoms. The van der Waals surface area contributed by atoms with E-state index in [-0.39, 0.29) is 37.1 Å². The van der Waals surface area contributed by atoms with E-state index in [9.17, 15) is 14.4 Å². The molecule has 0 aliphatic rings. The summed E-state index contributed by atoms with van der Waals surface area (Å²) in [6.07, 6.45) is 0.594. The molecule has 0 amide bonds. The molecular formula is C22H48O9S10. The van der Waals surface area contributed by atoms with Gasteiger partial charge in [0, 0.05) is 50.4 Å². The van der Waals surface area contributed by atoms with Crippen LogP contribution in [0.25, 0.3) is 0 Å². The monoisotopic (exact) mass is 776 g/mol. The highest BCUT2D eigenvalue weighted by Crippen LogP contribution is 2.26. The second-order valence-corrected chi connectivity index (χ2v) is 13.8. The van der Waals surface area contributed by atoms with Crippen molar-refractivity contribution in [1.82, 2.24) is 0 Å². The average molecular weight is 777 g/mol. The number of thioether (sulfide) groups is 3. The minimum absolute atomic E-state index is 0.0833. The third-order valence-electron chi connectivity index (χ3n) is 4.03. The Balaban J connectivity index is -0.000000150. The van der Waals surface area contributed by atoms with Crippen LogP contribution in [0.4, 0.5) is 0 Å². The molecule has 2 atom stereocenters. The highest BCUT2D eigenvalue weighted by atomic mass is 32.2. The van der Waals surface area contributed by atoms with Crippen LogP contribution in [0.3, 0.4) is 0 Å². The van der Waals surface area contributed by atoms with Crippen molar-refractivity contribution in [2.45, 2.75) is 23.8 Å². The van der Waals surface area contributed by atoms with Gasteiger partial charge in [0.25, 0.3) is 0 Å². The minimum Gasteiger partial charge on any atom is -0.481 e. The Hall–Kier alpha value is 1.79. The number of hydrogen-bond donors (Lipinski definition) is 13. The topological polar surface area (TPSA) is 173 Å². The molecule has 250 valence electrons. The standard InChI is InChI=1S/C10H22S7.C6H14O3.3C2H4O2S/c11-1-3-15-7-9(5-13)17-10(6-14)8-16-4-2-12;1-2-6(3-7,4-8)5-9;3*3-2(4)1-5/h9-14H,1-8H2;7-9H,2-5H2,1H3;3*5H,1H2,(H,3,4). The summed E-state index contributed by atoms with van der Waals surface area (Å²) in [6, 6.07) is 0. The van der Waals surface area contributed by atoms with Gasteiger partial charge in [-0.05, 0) is 17.9 Å². The van der Waals surface area contributed by atoms with E-state index in [0.717, 1.165) is 34.5 Å². The van der Waals surface area contributed by atoms with Gasteiger partial charge in [-0.25, -0.2) is 0 Å². The van der Waals surface area contributed by atoms with Gasteiger partial charge in [0.05, 0.1) is 37.1 Å². The zero-order valence-corrected chi connectivity index (χ0v) is 31.7. The number of aliphatic hydroxyl groups excluding tert-OH is 3. The normalized spacial score (nSPS) is 11.5. The van der Waals surface area contributed by atoms with Crippen LogP contribution >= 0.6 is 124 Å². The second-order valence-electron chi connectivity index (χ2n) is 7.33. The first kappa shape index (κ1) is 52.3. The molecule has 0 bridgehead atoms.